The number of thioether (sulfide) groups is 1. The van der Waals surface area contributed by atoms with Crippen molar-refractivity contribution in [1.29, 1.82) is 0 Å². The van der Waals surface area contributed by atoms with Crippen molar-refractivity contribution in [2.75, 3.05) is 25.1 Å². The van der Waals surface area contributed by atoms with E-state index in [1.807, 2.05) is 11.2 Å². The molecular weight excluding hydrogens is 234 g/mol. The van der Waals surface area contributed by atoms with Crippen molar-refractivity contribution in [1.82, 2.24) is 4.90 Å². The molecule has 1 aliphatic carbocycles. The second-order valence-electron chi connectivity index (χ2n) is 5.38. The first-order valence-corrected chi connectivity index (χ1v) is 8.04. The molecule has 0 radical (unpaired) electrons. The number of aliphatic hydroxyl groups is 1. The Morgan fingerprint density at radius 2 is 2.29 bits per heavy atom. The van der Waals surface area contributed by atoms with Gasteiger partial charge in [0.2, 0.25) is 5.91 Å². The number of likely N-dealkylation sites (tertiary alicyclic amines) is 1. The number of fused-ring (bicyclic) bond motifs is 1. The van der Waals surface area contributed by atoms with Crippen LogP contribution >= 0.6 is 11.8 Å². The Balaban J connectivity index is 1.90. The van der Waals surface area contributed by atoms with Gasteiger partial charge in [-0.1, -0.05) is 12.8 Å². The summed E-state index contributed by atoms with van der Waals surface area (Å²) in [6, 6.07) is 0. The molecule has 0 bridgehead atoms. The Bertz CT molecular complexity index is 285. The molecule has 2 rings (SSSR count). The molecule has 0 spiro atoms. The van der Waals surface area contributed by atoms with Crippen LogP contribution in [-0.2, 0) is 4.79 Å². The molecule has 1 aliphatic heterocycles. The lowest BCUT2D eigenvalue weighted by Crippen LogP contribution is -2.54. The van der Waals surface area contributed by atoms with Crippen molar-refractivity contribution in [3.8, 4) is 0 Å². The van der Waals surface area contributed by atoms with Crippen LogP contribution in [0.2, 0.25) is 0 Å². The molecule has 1 heterocycles. The number of nitrogens with zero attached hydrogens (tertiary/aromatic N) is 1. The summed E-state index contributed by atoms with van der Waals surface area (Å²) in [5, 5.41) is 10.5. The molecule has 0 aromatic carbocycles. The molecule has 2 atom stereocenters. The molecule has 17 heavy (non-hydrogen) atoms. The minimum Gasteiger partial charge on any atom is -0.389 e. The number of carbonyl (C=O) groups is 1. The van der Waals surface area contributed by atoms with Gasteiger partial charge in [0.15, 0.2) is 0 Å². The van der Waals surface area contributed by atoms with Crippen molar-refractivity contribution in [3.63, 3.8) is 0 Å². The third-order valence-electron chi connectivity index (χ3n) is 4.30. The standard InChI is InChI=1S/C13H23NO2S/c1-17-9-5-12(15)14-8-7-13(16)6-3-2-4-11(13)10-14/h11,16H,2-10H2,1H3. The number of rotatable bonds is 3. The van der Waals surface area contributed by atoms with E-state index in [1.165, 1.54) is 6.42 Å². The van der Waals surface area contributed by atoms with Crippen LogP contribution < -0.4 is 0 Å². The average molecular weight is 257 g/mol. The molecule has 98 valence electrons. The van der Waals surface area contributed by atoms with Crippen LogP contribution in [0.15, 0.2) is 0 Å². The predicted molar refractivity (Wildman–Crippen MR) is 71.1 cm³/mol. The van der Waals surface area contributed by atoms with E-state index in [1.54, 1.807) is 11.8 Å². The Hall–Kier alpha value is -0.220. The SMILES string of the molecule is CSCCC(=O)N1CCC2(O)CCCCC2C1. The molecule has 1 N–H and O–H groups in total. The second kappa shape index (κ2) is 5.61. The summed E-state index contributed by atoms with van der Waals surface area (Å²) in [5.74, 6) is 1.50. The van der Waals surface area contributed by atoms with Gasteiger partial charge in [-0.2, -0.15) is 11.8 Å². The molecule has 4 heteroatoms. The lowest BCUT2D eigenvalue weighted by molar-refractivity contribution is -0.142. The first-order chi connectivity index (χ1) is 8.15. The average Bonchev–Trinajstić information content (AvgIpc) is 2.34. The highest BCUT2D eigenvalue weighted by atomic mass is 32.2. The van der Waals surface area contributed by atoms with E-state index in [2.05, 4.69) is 0 Å². The summed E-state index contributed by atoms with van der Waals surface area (Å²) in [6.07, 6.45) is 7.83. The maximum absolute atomic E-state index is 12.0. The van der Waals surface area contributed by atoms with Gasteiger partial charge in [0.1, 0.15) is 0 Å². The summed E-state index contributed by atoms with van der Waals surface area (Å²) >= 11 is 1.72. The van der Waals surface area contributed by atoms with E-state index >= 15 is 0 Å². The van der Waals surface area contributed by atoms with Gasteiger partial charge in [-0.05, 0) is 25.5 Å². The van der Waals surface area contributed by atoms with Gasteiger partial charge in [-0.15, -0.1) is 0 Å². The van der Waals surface area contributed by atoms with Crippen LogP contribution in [-0.4, -0.2) is 46.6 Å². The summed E-state index contributed by atoms with van der Waals surface area (Å²) < 4.78 is 0. The highest BCUT2D eigenvalue weighted by molar-refractivity contribution is 7.98. The zero-order valence-electron chi connectivity index (χ0n) is 10.7. The largest absolute Gasteiger partial charge is 0.389 e. The molecule has 2 unspecified atom stereocenters. The van der Waals surface area contributed by atoms with E-state index in [9.17, 15) is 9.90 Å². The summed E-state index contributed by atoms with van der Waals surface area (Å²) in [7, 11) is 0. The van der Waals surface area contributed by atoms with Crippen LogP contribution in [0.5, 0.6) is 0 Å². The van der Waals surface area contributed by atoms with Gasteiger partial charge < -0.3 is 10.0 Å². The minimum absolute atomic E-state index is 0.270. The Labute approximate surface area is 108 Å². The minimum atomic E-state index is -0.464. The lowest BCUT2D eigenvalue weighted by Gasteiger charge is -2.47. The van der Waals surface area contributed by atoms with E-state index in [4.69, 9.17) is 0 Å². The first-order valence-electron chi connectivity index (χ1n) is 6.65. The zero-order valence-corrected chi connectivity index (χ0v) is 11.5. The fourth-order valence-corrected chi connectivity index (χ4v) is 3.52. The molecule has 1 amide bonds. The Morgan fingerprint density at radius 3 is 3.06 bits per heavy atom. The fourth-order valence-electron chi connectivity index (χ4n) is 3.14. The summed E-state index contributed by atoms with van der Waals surface area (Å²) in [4.78, 5) is 13.9. The molecule has 0 aromatic heterocycles. The molecule has 2 fully saturated rings. The van der Waals surface area contributed by atoms with Gasteiger partial charge in [0.25, 0.3) is 0 Å². The van der Waals surface area contributed by atoms with E-state index < -0.39 is 5.60 Å². The third-order valence-corrected chi connectivity index (χ3v) is 4.91. The summed E-state index contributed by atoms with van der Waals surface area (Å²) in [6.45, 7) is 1.53. The lowest BCUT2D eigenvalue weighted by atomic mass is 9.71. The van der Waals surface area contributed by atoms with Gasteiger partial charge in [-0.3, -0.25) is 4.79 Å². The monoisotopic (exact) mass is 257 g/mol. The number of piperidine rings is 1. The van der Waals surface area contributed by atoms with Gasteiger partial charge in [-0.25, -0.2) is 0 Å². The second-order valence-corrected chi connectivity index (χ2v) is 6.36. The molecule has 1 saturated carbocycles. The number of hydrogen-bond acceptors (Lipinski definition) is 3. The molecule has 1 saturated heterocycles. The van der Waals surface area contributed by atoms with Gasteiger partial charge >= 0.3 is 0 Å². The smallest absolute Gasteiger partial charge is 0.223 e. The topological polar surface area (TPSA) is 40.5 Å². The maximum Gasteiger partial charge on any atom is 0.223 e. The number of carbonyl (C=O) groups excluding carboxylic acids is 1. The fraction of sp³-hybridized carbons (Fsp3) is 0.923. The summed E-state index contributed by atoms with van der Waals surface area (Å²) in [5.41, 5.74) is -0.464. The maximum atomic E-state index is 12.0. The Morgan fingerprint density at radius 1 is 1.47 bits per heavy atom. The van der Waals surface area contributed by atoms with Crippen LogP contribution in [0.3, 0.4) is 0 Å². The first kappa shape index (κ1) is 13.2. The number of amides is 1. The molecule has 2 aliphatic rings. The van der Waals surface area contributed by atoms with Crippen molar-refractivity contribution in [3.05, 3.63) is 0 Å². The quantitative estimate of drug-likeness (QED) is 0.839. The van der Waals surface area contributed by atoms with E-state index in [0.717, 1.165) is 44.5 Å². The van der Waals surface area contributed by atoms with Crippen molar-refractivity contribution < 1.29 is 9.90 Å². The number of hydrogen-bond donors (Lipinski definition) is 1. The highest BCUT2D eigenvalue weighted by Crippen LogP contribution is 2.39. The highest BCUT2D eigenvalue weighted by Gasteiger charge is 2.43. The van der Waals surface area contributed by atoms with Crippen LogP contribution in [0.25, 0.3) is 0 Å². The van der Waals surface area contributed by atoms with Crippen LogP contribution in [0, 0.1) is 5.92 Å². The third kappa shape index (κ3) is 2.97. The van der Waals surface area contributed by atoms with Gasteiger partial charge in [0, 0.05) is 31.2 Å². The molecule has 3 nitrogen and oxygen atoms in total. The van der Waals surface area contributed by atoms with Gasteiger partial charge in [0.05, 0.1) is 5.60 Å². The normalized spacial score (nSPS) is 33.3. The van der Waals surface area contributed by atoms with E-state index in [0.29, 0.717) is 12.3 Å². The molecule has 0 aromatic rings. The zero-order chi connectivity index (χ0) is 12.3. The van der Waals surface area contributed by atoms with Crippen molar-refractivity contribution in [2.24, 2.45) is 5.92 Å². The molecular formula is C13H23NO2S. The van der Waals surface area contributed by atoms with Crippen molar-refractivity contribution in [2.45, 2.75) is 44.1 Å². The van der Waals surface area contributed by atoms with Crippen molar-refractivity contribution >= 4 is 17.7 Å². The van der Waals surface area contributed by atoms with Crippen LogP contribution in [0.4, 0.5) is 0 Å². The van der Waals surface area contributed by atoms with E-state index in [-0.39, 0.29) is 5.91 Å². The predicted octanol–water partition coefficient (Wildman–Crippen LogP) is 1.89. The Kier molecular flexibility index (Phi) is 4.36. The van der Waals surface area contributed by atoms with Crippen LogP contribution in [0.1, 0.15) is 38.5 Å².